The predicted molar refractivity (Wildman–Crippen MR) is 83.2 cm³/mol. The molecule has 0 aromatic heterocycles. The molecule has 0 aromatic carbocycles. The molecule has 0 atom stereocenters. The number of carbonyl (C=O) groups is 1. The van der Waals surface area contributed by atoms with Gasteiger partial charge >= 0.3 is 0 Å². The number of unbranched alkanes of at least 4 members (excludes halogenated alkanes) is 3. The van der Waals surface area contributed by atoms with Gasteiger partial charge in [-0.2, -0.15) is 0 Å². The third-order valence-electron chi connectivity index (χ3n) is 3.67. The number of hydrogen-bond donors (Lipinski definition) is 0. The Balaban J connectivity index is 2.63. The third kappa shape index (κ3) is 5.18. The quantitative estimate of drug-likeness (QED) is 0.498. The van der Waals surface area contributed by atoms with Crippen molar-refractivity contribution in [3.8, 4) is 0 Å². The summed E-state index contributed by atoms with van der Waals surface area (Å²) in [6, 6.07) is 0. The topological polar surface area (TPSA) is 17.1 Å². The number of Topliss-reactive ketones (excluding diaryl/α,β-unsaturated/α-hetero) is 1. The predicted octanol–water partition coefficient (Wildman–Crippen LogP) is 5.53. The molecule has 1 aliphatic rings. The Morgan fingerprint density at radius 1 is 1.00 bits per heavy atom. The van der Waals surface area contributed by atoms with Crippen LogP contribution in [0, 0.1) is 0 Å². The SMILES string of the molecule is C=C(CCCCC)C1=CCCC=C1C(=O)CCCC. The molecule has 1 nitrogen and oxygen atoms in total. The fourth-order valence-electron chi connectivity index (χ4n) is 2.47. The van der Waals surface area contributed by atoms with E-state index in [9.17, 15) is 4.79 Å². The average molecular weight is 260 g/mol. The maximum Gasteiger partial charge on any atom is 0.163 e. The van der Waals surface area contributed by atoms with Crippen LogP contribution in [-0.4, -0.2) is 5.78 Å². The molecule has 1 rings (SSSR count). The number of hydrogen-bond acceptors (Lipinski definition) is 1. The van der Waals surface area contributed by atoms with E-state index in [1.807, 2.05) is 0 Å². The van der Waals surface area contributed by atoms with Crippen molar-refractivity contribution in [1.82, 2.24) is 0 Å². The summed E-state index contributed by atoms with van der Waals surface area (Å²) >= 11 is 0. The van der Waals surface area contributed by atoms with Crippen molar-refractivity contribution in [3.63, 3.8) is 0 Å². The maximum absolute atomic E-state index is 12.3. The van der Waals surface area contributed by atoms with Crippen molar-refractivity contribution < 1.29 is 4.79 Å². The molecule has 1 aliphatic carbocycles. The summed E-state index contributed by atoms with van der Waals surface area (Å²) in [4.78, 5) is 12.3. The van der Waals surface area contributed by atoms with Crippen LogP contribution >= 0.6 is 0 Å². The van der Waals surface area contributed by atoms with Gasteiger partial charge in [0.05, 0.1) is 0 Å². The summed E-state index contributed by atoms with van der Waals surface area (Å²) in [5.41, 5.74) is 3.24. The van der Waals surface area contributed by atoms with Crippen molar-refractivity contribution in [2.45, 2.75) is 71.6 Å². The molecule has 0 saturated carbocycles. The molecule has 0 unspecified atom stereocenters. The number of allylic oxidation sites excluding steroid dienone is 5. The number of carbonyl (C=O) groups excluding carboxylic acids is 1. The molecule has 1 heteroatoms. The molecule has 19 heavy (non-hydrogen) atoms. The Morgan fingerprint density at radius 3 is 2.26 bits per heavy atom. The zero-order valence-corrected chi connectivity index (χ0v) is 12.6. The van der Waals surface area contributed by atoms with Gasteiger partial charge in [0.1, 0.15) is 0 Å². The number of ketones is 1. The lowest BCUT2D eigenvalue weighted by molar-refractivity contribution is -0.115. The van der Waals surface area contributed by atoms with Gasteiger partial charge < -0.3 is 0 Å². The highest BCUT2D eigenvalue weighted by Crippen LogP contribution is 2.29. The largest absolute Gasteiger partial charge is 0.294 e. The third-order valence-corrected chi connectivity index (χ3v) is 3.67. The first-order valence-corrected chi connectivity index (χ1v) is 7.82. The molecular weight excluding hydrogens is 232 g/mol. The van der Waals surface area contributed by atoms with Crippen molar-refractivity contribution >= 4 is 5.78 Å². The lowest BCUT2D eigenvalue weighted by Gasteiger charge is -2.17. The summed E-state index contributed by atoms with van der Waals surface area (Å²) in [5, 5.41) is 0. The van der Waals surface area contributed by atoms with Gasteiger partial charge in [0, 0.05) is 12.0 Å². The standard InChI is InChI=1S/C18H28O/c1-4-6-8-11-15(3)16-12-9-10-13-17(16)18(19)14-7-5-2/h12-13H,3-11,14H2,1-2H3. The lowest BCUT2D eigenvalue weighted by atomic mass is 9.86. The van der Waals surface area contributed by atoms with Gasteiger partial charge in [0.15, 0.2) is 5.78 Å². The first-order chi connectivity index (χ1) is 9.20. The smallest absolute Gasteiger partial charge is 0.163 e. The van der Waals surface area contributed by atoms with Crippen LogP contribution in [0.25, 0.3) is 0 Å². The molecule has 0 fully saturated rings. The van der Waals surface area contributed by atoms with E-state index >= 15 is 0 Å². The zero-order valence-electron chi connectivity index (χ0n) is 12.6. The second-order valence-electron chi connectivity index (χ2n) is 5.40. The van der Waals surface area contributed by atoms with Gasteiger partial charge in [0.25, 0.3) is 0 Å². The van der Waals surface area contributed by atoms with Gasteiger partial charge in [-0.15, -0.1) is 0 Å². The Hall–Kier alpha value is -1.11. The first kappa shape index (κ1) is 15.9. The zero-order chi connectivity index (χ0) is 14.1. The van der Waals surface area contributed by atoms with Crippen LogP contribution in [0.3, 0.4) is 0 Å². The van der Waals surface area contributed by atoms with E-state index in [1.54, 1.807) is 0 Å². The van der Waals surface area contributed by atoms with E-state index in [1.165, 1.54) is 19.3 Å². The summed E-state index contributed by atoms with van der Waals surface area (Å²) in [6.45, 7) is 8.54. The fourth-order valence-corrected chi connectivity index (χ4v) is 2.47. The molecule has 0 aromatic rings. The molecule has 0 aliphatic heterocycles. The second kappa shape index (κ2) is 8.90. The summed E-state index contributed by atoms with van der Waals surface area (Å²) in [5.74, 6) is 0.310. The minimum absolute atomic E-state index is 0.310. The Morgan fingerprint density at radius 2 is 1.63 bits per heavy atom. The van der Waals surface area contributed by atoms with Crippen LogP contribution in [0.5, 0.6) is 0 Å². The van der Waals surface area contributed by atoms with E-state index in [0.29, 0.717) is 12.2 Å². The van der Waals surface area contributed by atoms with E-state index in [-0.39, 0.29) is 0 Å². The van der Waals surface area contributed by atoms with E-state index in [0.717, 1.165) is 48.8 Å². The first-order valence-electron chi connectivity index (χ1n) is 7.82. The van der Waals surface area contributed by atoms with Crippen LogP contribution < -0.4 is 0 Å². The molecule has 106 valence electrons. The second-order valence-corrected chi connectivity index (χ2v) is 5.40. The minimum atomic E-state index is 0.310. The summed E-state index contributed by atoms with van der Waals surface area (Å²) in [6.07, 6.45) is 13.8. The Bertz CT molecular complexity index is 371. The Labute approximate surface area is 118 Å². The van der Waals surface area contributed by atoms with E-state index in [4.69, 9.17) is 0 Å². The van der Waals surface area contributed by atoms with Crippen LogP contribution in [0.2, 0.25) is 0 Å². The molecule has 0 heterocycles. The average Bonchev–Trinajstić information content (AvgIpc) is 2.45. The highest BCUT2D eigenvalue weighted by Gasteiger charge is 2.17. The number of rotatable bonds is 9. The molecule has 0 bridgehead atoms. The van der Waals surface area contributed by atoms with Gasteiger partial charge in [-0.05, 0) is 43.3 Å². The minimum Gasteiger partial charge on any atom is -0.294 e. The van der Waals surface area contributed by atoms with Crippen LogP contribution in [0.15, 0.2) is 35.5 Å². The molecule has 0 N–H and O–H groups in total. The van der Waals surface area contributed by atoms with Gasteiger partial charge in [-0.25, -0.2) is 0 Å². The van der Waals surface area contributed by atoms with Crippen molar-refractivity contribution in [2.24, 2.45) is 0 Å². The Kier molecular flexibility index (Phi) is 7.47. The van der Waals surface area contributed by atoms with Crippen molar-refractivity contribution in [2.75, 3.05) is 0 Å². The molecule has 0 amide bonds. The molecule has 0 saturated heterocycles. The van der Waals surface area contributed by atoms with Crippen LogP contribution in [0.1, 0.15) is 71.6 Å². The highest BCUT2D eigenvalue weighted by atomic mass is 16.1. The fraction of sp³-hybridized carbons (Fsp3) is 0.611. The van der Waals surface area contributed by atoms with E-state index in [2.05, 4.69) is 32.6 Å². The van der Waals surface area contributed by atoms with Crippen molar-refractivity contribution in [3.05, 3.63) is 35.5 Å². The molecular formula is C18H28O. The van der Waals surface area contributed by atoms with Crippen molar-refractivity contribution in [1.29, 1.82) is 0 Å². The van der Waals surface area contributed by atoms with Gasteiger partial charge in [-0.1, -0.05) is 51.8 Å². The van der Waals surface area contributed by atoms with E-state index < -0.39 is 0 Å². The lowest BCUT2D eigenvalue weighted by Crippen LogP contribution is -2.09. The molecule has 0 radical (unpaired) electrons. The van der Waals surface area contributed by atoms with Crippen LogP contribution in [0.4, 0.5) is 0 Å². The van der Waals surface area contributed by atoms with Gasteiger partial charge in [0.2, 0.25) is 0 Å². The summed E-state index contributed by atoms with van der Waals surface area (Å²) < 4.78 is 0. The monoisotopic (exact) mass is 260 g/mol. The molecule has 0 spiro atoms. The van der Waals surface area contributed by atoms with Crippen LogP contribution in [-0.2, 0) is 4.79 Å². The highest BCUT2D eigenvalue weighted by molar-refractivity contribution is 6.00. The maximum atomic E-state index is 12.3. The normalized spacial score (nSPS) is 14.8. The van der Waals surface area contributed by atoms with Gasteiger partial charge in [-0.3, -0.25) is 4.79 Å². The summed E-state index contributed by atoms with van der Waals surface area (Å²) in [7, 11) is 0.